The van der Waals surface area contributed by atoms with Gasteiger partial charge in [-0.2, -0.15) is 10.4 Å². The number of hydrogen-bond acceptors (Lipinski definition) is 5. The van der Waals surface area contributed by atoms with Crippen molar-refractivity contribution in [2.24, 2.45) is 10.2 Å². The van der Waals surface area contributed by atoms with E-state index in [2.05, 4.69) is 10.2 Å². The topological polar surface area (TPSA) is 90.7 Å². The predicted octanol–water partition coefficient (Wildman–Crippen LogP) is 4.60. The van der Waals surface area contributed by atoms with E-state index < -0.39 is 5.56 Å². The van der Waals surface area contributed by atoms with E-state index in [9.17, 15) is 15.2 Å². The molecule has 124 valence electrons. The van der Waals surface area contributed by atoms with Crippen LogP contribution in [0.2, 0.25) is 5.02 Å². The molecule has 0 radical (unpaired) electrons. The first-order valence-electron chi connectivity index (χ1n) is 7.53. The van der Waals surface area contributed by atoms with E-state index in [1.807, 2.05) is 13.0 Å². The van der Waals surface area contributed by atoms with Crippen LogP contribution in [0.1, 0.15) is 30.9 Å². The normalized spacial score (nSPS) is 10.9. The summed E-state index contributed by atoms with van der Waals surface area (Å²) in [5, 5.41) is 28.3. The Labute approximate surface area is 144 Å². The molecular weight excluding hydrogens is 328 g/mol. The molecule has 24 heavy (non-hydrogen) atoms. The fourth-order valence-electron chi connectivity index (χ4n) is 2.20. The van der Waals surface area contributed by atoms with Crippen molar-refractivity contribution in [1.29, 1.82) is 5.26 Å². The average molecular weight is 345 g/mol. The largest absolute Gasteiger partial charge is 0.493 e. The minimum absolute atomic E-state index is 0.0334. The molecule has 0 aliphatic carbocycles. The third-order valence-electron chi connectivity index (χ3n) is 3.60. The van der Waals surface area contributed by atoms with Crippen LogP contribution in [0.15, 0.2) is 39.3 Å². The third-order valence-corrected chi connectivity index (χ3v) is 3.85. The lowest BCUT2D eigenvalue weighted by atomic mass is 10.1. The molecule has 0 amide bonds. The van der Waals surface area contributed by atoms with Gasteiger partial charge in [-0.1, -0.05) is 24.9 Å². The maximum absolute atomic E-state index is 12.3. The SMILES string of the molecule is CCCCn1c(O)c(N=Nc2ccc(Cl)cc2)c(C)c(C#N)c1=O. The van der Waals surface area contributed by atoms with Crippen molar-refractivity contribution < 1.29 is 5.11 Å². The molecule has 7 heteroatoms. The summed E-state index contributed by atoms with van der Waals surface area (Å²) in [6.07, 6.45) is 1.55. The van der Waals surface area contributed by atoms with E-state index >= 15 is 0 Å². The second-order valence-electron chi connectivity index (χ2n) is 5.27. The van der Waals surface area contributed by atoms with Crippen LogP contribution in [0, 0.1) is 18.3 Å². The van der Waals surface area contributed by atoms with Crippen molar-refractivity contribution in [1.82, 2.24) is 4.57 Å². The Morgan fingerprint density at radius 2 is 1.96 bits per heavy atom. The Kier molecular flexibility index (Phi) is 5.72. The van der Waals surface area contributed by atoms with E-state index in [1.165, 1.54) is 4.57 Å². The Morgan fingerprint density at radius 1 is 1.29 bits per heavy atom. The smallest absolute Gasteiger partial charge is 0.271 e. The summed E-state index contributed by atoms with van der Waals surface area (Å²) in [6, 6.07) is 8.59. The Bertz CT molecular complexity index is 864. The van der Waals surface area contributed by atoms with Crippen LogP contribution in [0.3, 0.4) is 0 Å². The van der Waals surface area contributed by atoms with E-state index in [0.29, 0.717) is 29.2 Å². The van der Waals surface area contributed by atoms with Crippen LogP contribution in [0.25, 0.3) is 0 Å². The molecule has 0 saturated carbocycles. The molecule has 0 bridgehead atoms. The van der Waals surface area contributed by atoms with Gasteiger partial charge in [0, 0.05) is 17.1 Å². The van der Waals surface area contributed by atoms with Gasteiger partial charge >= 0.3 is 0 Å². The van der Waals surface area contributed by atoms with Crippen LogP contribution in [0.4, 0.5) is 11.4 Å². The fourth-order valence-corrected chi connectivity index (χ4v) is 2.32. The number of benzene rings is 1. The average Bonchev–Trinajstić information content (AvgIpc) is 2.57. The molecule has 0 spiro atoms. The van der Waals surface area contributed by atoms with Gasteiger partial charge in [-0.3, -0.25) is 9.36 Å². The Morgan fingerprint density at radius 3 is 2.54 bits per heavy atom. The van der Waals surface area contributed by atoms with E-state index in [4.69, 9.17) is 11.6 Å². The highest BCUT2D eigenvalue weighted by atomic mass is 35.5. The quantitative estimate of drug-likeness (QED) is 0.803. The van der Waals surface area contributed by atoms with Gasteiger partial charge in [0.15, 0.2) is 5.69 Å². The minimum atomic E-state index is -0.508. The summed E-state index contributed by atoms with van der Waals surface area (Å²) in [4.78, 5) is 12.3. The van der Waals surface area contributed by atoms with Gasteiger partial charge in [-0.05, 0) is 37.6 Å². The zero-order valence-corrected chi connectivity index (χ0v) is 14.2. The second-order valence-corrected chi connectivity index (χ2v) is 5.71. The molecule has 0 aliphatic heterocycles. The molecule has 0 fully saturated rings. The zero-order chi connectivity index (χ0) is 17.7. The molecule has 2 rings (SSSR count). The molecule has 1 aromatic heterocycles. The molecule has 2 aromatic rings. The summed E-state index contributed by atoms with van der Waals surface area (Å²) in [5.74, 6) is -0.275. The van der Waals surface area contributed by atoms with Crippen molar-refractivity contribution in [3.63, 3.8) is 0 Å². The lowest BCUT2D eigenvalue weighted by Crippen LogP contribution is -2.23. The number of azo groups is 1. The first-order valence-corrected chi connectivity index (χ1v) is 7.91. The Hall–Kier alpha value is -2.65. The van der Waals surface area contributed by atoms with Crippen LogP contribution in [-0.2, 0) is 6.54 Å². The lowest BCUT2D eigenvalue weighted by molar-refractivity contribution is 0.402. The van der Waals surface area contributed by atoms with Crippen molar-refractivity contribution >= 4 is 23.0 Å². The van der Waals surface area contributed by atoms with Gasteiger partial charge in [0.05, 0.1) is 5.69 Å². The fraction of sp³-hybridized carbons (Fsp3) is 0.294. The number of unbranched alkanes of at least 4 members (excludes halogenated alkanes) is 1. The van der Waals surface area contributed by atoms with Crippen molar-refractivity contribution in [2.45, 2.75) is 33.2 Å². The Balaban J connectivity index is 2.54. The molecule has 0 aliphatic rings. The first kappa shape index (κ1) is 17.7. The van der Waals surface area contributed by atoms with E-state index in [1.54, 1.807) is 31.2 Å². The molecule has 0 saturated heterocycles. The molecule has 0 unspecified atom stereocenters. The molecule has 6 nitrogen and oxygen atoms in total. The monoisotopic (exact) mass is 344 g/mol. The van der Waals surface area contributed by atoms with Gasteiger partial charge in [0.1, 0.15) is 11.6 Å². The van der Waals surface area contributed by atoms with Crippen molar-refractivity contribution in [3.05, 3.63) is 50.8 Å². The second kappa shape index (κ2) is 7.75. The number of nitrogens with zero attached hydrogens (tertiary/aromatic N) is 4. The van der Waals surface area contributed by atoms with E-state index in [0.717, 1.165) is 6.42 Å². The van der Waals surface area contributed by atoms with Gasteiger partial charge in [0.25, 0.3) is 5.56 Å². The number of aromatic hydroxyl groups is 1. The van der Waals surface area contributed by atoms with Crippen molar-refractivity contribution in [3.8, 4) is 11.9 Å². The maximum Gasteiger partial charge on any atom is 0.271 e. The first-order chi connectivity index (χ1) is 11.5. The molecule has 1 N–H and O–H groups in total. The van der Waals surface area contributed by atoms with Crippen LogP contribution < -0.4 is 5.56 Å². The highest BCUT2D eigenvalue weighted by Crippen LogP contribution is 2.32. The van der Waals surface area contributed by atoms with E-state index in [-0.39, 0.29) is 17.1 Å². The highest BCUT2D eigenvalue weighted by Gasteiger charge is 2.18. The third kappa shape index (κ3) is 3.63. The number of halogens is 1. The number of hydrogen-bond donors (Lipinski definition) is 1. The number of rotatable bonds is 5. The lowest BCUT2D eigenvalue weighted by Gasteiger charge is -2.12. The molecular formula is C17H17ClN4O2. The predicted molar refractivity (Wildman–Crippen MR) is 92.4 cm³/mol. The minimum Gasteiger partial charge on any atom is -0.493 e. The maximum atomic E-state index is 12.3. The summed E-state index contributed by atoms with van der Waals surface area (Å²) < 4.78 is 1.17. The number of nitriles is 1. The molecule has 1 heterocycles. The number of aromatic nitrogens is 1. The zero-order valence-electron chi connectivity index (χ0n) is 13.5. The van der Waals surface area contributed by atoms with Gasteiger partial charge < -0.3 is 5.11 Å². The summed E-state index contributed by atoms with van der Waals surface area (Å²) in [5.41, 5.74) is 0.436. The molecule has 1 aromatic carbocycles. The summed E-state index contributed by atoms with van der Waals surface area (Å²) in [6.45, 7) is 3.86. The van der Waals surface area contributed by atoms with Crippen LogP contribution >= 0.6 is 11.6 Å². The van der Waals surface area contributed by atoms with Crippen molar-refractivity contribution in [2.75, 3.05) is 0 Å². The summed E-state index contributed by atoms with van der Waals surface area (Å²) >= 11 is 5.82. The van der Waals surface area contributed by atoms with Crippen LogP contribution in [0.5, 0.6) is 5.88 Å². The standard InChI is InChI=1S/C17H17ClN4O2/c1-3-4-9-22-16(23)14(10-19)11(2)15(17(22)24)21-20-13-7-5-12(18)6-8-13/h5-8,24H,3-4,9H2,1-2H3. The van der Waals surface area contributed by atoms with Gasteiger partial charge in [-0.15, -0.1) is 5.11 Å². The summed E-state index contributed by atoms with van der Waals surface area (Å²) in [7, 11) is 0. The molecule has 0 atom stereocenters. The van der Waals surface area contributed by atoms with Gasteiger partial charge in [0.2, 0.25) is 5.88 Å². The number of pyridine rings is 1. The van der Waals surface area contributed by atoms with Crippen LogP contribution in [-0.4, -0.2) is 9.67 Å². The van der Waals surface area contributed by atoms with Gasteiger partial charge in [-0.25, -0.2) is 0 Å². The highest BCUT2D eigenvalue weighted by molar-refractivity contribution is 6.30.